The Labute approximate surface area is 97.3 Å². The molecule has 0 aliphatic heterocycles. The summed E-state index contributed by atoms with van der Waals surface area (Å²) in [7, 11) is 1.71. The predicted molar refractivity (Wildman–Crippen MR) is 64.9 cm³/mol. The van der Waals surface area contributed by atoms with E-state index in [1.807, 2.05) is 6.07 Å². The molecule has 2 rings (SSSR count). The van der Waals surface area contributed by atoms with Crippen molar-refractivity contribution >= 4 is 0 Å². The Bertz CT molecular complexity index is 373. The minimum Gasteiger partial charge on any atom is -0.496 e. The summed E-state index contributed by atoms with van der Waals surface area (Å²) in [5.74, 6) is 1.83. The van der Waals surface area contributed by atoms with Crippen molar-refractivity contribution in [3.8, 4) is 5.75 Å². The number of hydrogen-bond acceptors (Lipinski definition) is 2. The number of aryl methyl sites for hydroxylation is 1. The van der Waals surface area contributed by atoms with Gasteiger partial charge in [0.05, 0.1) is 13.2 Å². The van der Waals surface area contributed by atoms with E-state index in [1.54, 1.807) is 7.11 Å². The Morgan fingerprint density at radius 1 is 1.44 bits per heavy atom. The molecule has 16 heavy (non-hydrogen) atoms. The fourth-order valence-electron chi connectivity index (χ4n) is 2.74. The second kappa shape index (κ2) is 4.46. The lowest BCUT2D eigenvalue weighted by atomic mass is 9.66. The molecule has 0 aromatic heterocycles. The van der Waals surface area contributed by atoms with Crippen molar-refractivity contribution in [2.75, 3.05) is 7.11 Å². The summed E-state index contributed by atoms with van der Waals surface area (Å²) in [6.07, 6.45) is 1.78. The molecular formula is C14H20O2. The predicted octanol–water partition coefficient (Wildman–Crippen LogP) is 2.88. The van der Waals surface area contributed by atoms with E-state index in [9.17, 15) is 5.11 Å². The summed E-state index contributed by atoms with van der Waals surface area (Å²) < 4.78 is 5.40. The van der Waals surface area contributed by atoms with Crippen LogP contribution in [0.4, 0.5) is 0 Å². The van der Waals surface area contributed by atoms with Crippen LogP contribution in [-0.2, 0) is 0 Å². The number of rotatable bonds is 3. The first kappa shape index (κ1) is 11.5. The van der Waals surface area contributed by atoms with E-state index in [0.29, 0.717) is 11.8 Å². The van der Waals surface area contributed by atoms with Gasteiger partial charge in [0.15, 0.2) is 0 Å². The lowest BCUT2D eigenvalue weighted by Crippen LogP contribution is -2.39. The van der Waals surface area contributed by atoms with E-state index >= 15 is 0 Å². The molecule has 0 saturated heterocycles. The van der Waals surface area contributed by atoms with Crippen LogP contribution < -0.4 is 4.74 Å². The Balaban J connectivity index is 2.29. The van der Waals surface area contributed by atoms with E-state index in [2.05, 4.69) is 26.0 Å². The van der Waals surface area contributed by atoms with Crippen LogP contribution in [0.5, 0.6) is 5.75 Å². The van der Waals surface area contributed by atoms with E-state index in [0.717, 1.165) is 18.6 Å². The van der Waals surface area contributed by atoms with Gasteiger partial charge in [-0.3, -0.25) is 0 Å². The smallest absolute Gasteiger partial charge is 0.122 e. The molecule has 88 valence electrons. The second-order valence-corrected chi connectivity index (χ2v) is 4.73. The molecule has 0 heterocycles. The molecule has 1 aromatic rings. The van der Waals surface area contributed by atoms with Gasteiger partial charge in [-0.1, -0.05) is 31.0 Å². The van der Waals surface area contributed by atoms with Gasteiger partial charge in [0.1, 0.15) is 5.75 Å². The van der Waals surface area contributed by atoms with Gasteiger partial charge in [-0.05, 0) is 36.8 Å². The Hall–Kier alpha value is -1.02. The molecule has 0 radical (unpaired) electrons. The van der Waals surface area contributed by atoms with Crippen LogP contribution in [-0.4, -0.2) is 18.3 Å². The first-order valence-electron chi connectivity index (χ1n) is 6.00. The van der Waals surface area contributed by atoms with Gasteiger partial charge >= 0.3 is 0 Å². The van der Waals surface area contributed by atoms with Crippen molar-refractivity contribution in [3.05, 3.63) is 29.3 Å². The molecule has 3 atom stereocenters. The third-order valence-corrected chi connectivity index (χ3v) is 3.76. The molecule has 1 saturated carbocycles. The highest BCUT2D eigenvalue weighted by Crippen LogP contribution is 2.47. The highest BCUT2D eigenvalue weighted by Gasteiger charge is 2.40. The van der Waals surface area contributed by atoms with Gasteiger partial charge in [-0.15, -0.1) is 0 Å². The molecule has 0 amide bonds. The average molecular weight is 220 g/mol. The largest absolute Gasteiger partial charge is 0.496 e. The van der Waals surface area contributed by atoms with Gasteiger partial charge in [0.2, 0.25) is 0 Å². The van der Waals surface area contributed by atoms with Crippen molar-refractivity contribution in [3.63, 3.8) is 0 Å². The summed E-state index contributed by atoms with van der Waals surface area (Å²) in [4.78, 5) is 0. The first-order valence-corrected chi connectivity index (χ1v) is 6.00. The SMILES string of the molecule is CCC1C(O)CC1c1cc(C)ccc1OC. The molecule has 2 heteroatoms. The van der Waals surface area contributed by atoms with Crippen LogP contribution in [0.1, 0.15) is 36.8 Å². The first-order chi connectivity index (χ1) is 7.67. The van der Waals surface area contributed by atoms with Crippen LogP contribution in [0.2, 0.25) is 0 Å². The third-order valence-electron chi connectivity index (χ3n) is 3.76. The van der Waals surface area contributed by atoms with Gasteiger partial charge in [0, 0.05) is 0 Å². The number of methoxy groups -OCH3 is 1. The normalized spacial score (nSPS) is 28.6. The van der Waals surface area contributed by atoms with Crippen LogP contribution in [0.3, 0.4) is 0 Å². The monoisotopic (exact) mass is 220 g/mol. The minimum absolute atomic E-state index is 0.125. The highest BCUT2D eigenvalue weighted by molar-refractivity contribution is 5.41. The zero-order valence-corrected chi connectivity index (χ0v) is 10.2. The zero-order valence-electron chi connectivity index (χ0n) is 10.2. The van der Waals surface area contributed by atoms with Crippen LogP contribution in [0, 0.1) is 12.8 Å². The van der Waals surface area contributed by atoms with Gasteiger partial charge < -0.3 is 9.84 Å². The summed E-state index contributed by atoms with van der Waals surface area (Å²) in [5, 5.41) is 9.73. The number of ether oxygens (including phenoxy) is 1. The maximum Gasteiger partial charge on any atom is 0.122 e. The number of aliphatic hydroxyl groups is 1. The average Bonchev–Trinajstić information content (AvgIpc) is 2.26. The summed E-state index contributed by atoms with van der Waals surface area (Å²) >= 11 is 0. The lowest BCUT2D eigenvalue weighted by Gasteiger charge is -2.42. The maximum atomic E-state index is 9.73. The Morgan fingerprint density at radius 2 is 2.19 bits per heavy atom. The molecule has 0 bridgehead atoms. The van der Waals surface area contributed by atoms with E-state index in [4.69, 9.17) is 4.74 Å². The van der Waals surface area contributed by atoms with Crippen LogP contribution in [0.15, 0.2) is 18.2 Å². The maximum absolute atomic E-state index is 9.73. The molecule has 1 aliphatic rings. The van der Waals surface area contributed by atoms with E-state index < -0.39 is 0 Å². The molecule has 2 nitrogen and oxygen atoms in total. The van der Waals surface area contributed by atoms with Gasteiger partial charge in [0.25, 0.3) is 0 Å². The van der Waals surface area contributed by atoms with Crippen molar-refractivity contribution in [1.82, 2.24) is 0 Å². The van der Waals surface area contributed by atoms with E-state index in [1.165, 1.54) is 11.1 Å². The fourth-order valence-corrected chi connectivity index (χ4v) is 2.74. The number of hydrogen-bond donors (Lipinski definition) is 1. The van der Waals surface area contributed by atoms with Crippen molar-refractivity contribution in [1.29, 1.82) is 0 Å². The quantitative estimate of drug-likeness (QED) is 0.848. The second-order valence-electron chi connectivity index (χ2n) is 4.73. The highest BCUT2D eigenvalue weighted by atomic mass is 16.5. The molecule has 3 unspecified atom stereocenters. The van der Waals surface area contributed by atoms with Crippen LogP contribution in [0.25, 0.3) is 0 Å². The molecule has 0 spiro atoms. The Kier molecular flexibility index (Phi) is 3.20. The fraction of sp³-hybridized carbons (Fsp3) is 0.571. The molecule has 1 aromatic carbocycles. The van der Waals surface area contributed by atoms with Crippen molar-refractivity contribution in [2.24, 2.45) is 5.92 Å². The molecule has 1 N–H and O–H groups in total. The standard InChI is InChI=1S/C14H20O2/c1-4-10-11(8-13(10)15)12-7-9(2)5-6-14(12)16-3/h5-7,10-11,13,15H,4,8H2,1-3H3. The molecule has 1 fully saturated rings. The number of benzene rings is 1. The summed E-state index contributed by atoms with van der Waals surface area (Å²) in [6.45, 7) is 4.24. The third kappa shape index (κ3) is 1.82. The molecular weight excluding hydrogens is 200 g/mol. The minimum atomic E-state index is -0.125. The topological polar surface area (TPSA) is 29.5 Å². The van der Waals surface area contributed by atoms with E-state index in [-0.39, 0.29) is 6.10 Å². The lowest BCUT2D eigenvalue weighted by molar-refractivity contribution is -0.00143. The molecule has 1 aliphatic carbocycles. The summed E-state index contributed by atoms with van der Waals surface area (Å²) in [6, 6.07) is 6.29. The summed E-state index contributed by atoms with van der Waals surface area (Å²) in [5.41, 5.74) is 2.52. The van der Waals surface area contributed by atoms with Gasteiger partial charge in [-0.25, -0.2) is 0 Å². The van der Waals surface area contributed by atoms with Gasteiger partial charge in [-0.2, -0.15) is 0 Å². The zero-order chi connectivity index (χ0) is 11.7. The van der Waals surface area contributed by atoms with Crippen molar-refractivity contribution in [2.45, 2.75) is 38.7 Å². The van der Waals surface area contributed by atoms with Crippen molar-refractivity contribution < 1.29 is 9.84 Å². The van der Waals surface area contributed by atoms with Crippen LogP contribution >= 0.6 is 0 Å². The number of aliphatic hydroxyl groups excluding tert-OH is 1. The Morgan fingerprint density at radius 3 is 2.75 bits per heavy atom.